The standard InChI is InChI=1S/C15H18N2O5S/c1-22-8-14(17(19)11-18)10-23(20,21)9-12-6-13-4-2-3-5-15(13)16-7-12/h2-7,11,14,19H,8-10H2,1H3/t14-/m0/s1. The Hall–Kier alpha value is -2.03. The van der Waals surface area contributed by atoms with Gasteiger partial charge in [0.05, 0.1) is 29.7 Å². The predicted molar refractivity (Wildman–Crippen MR) is 84.6 cm³/mol. The maximum absolute atomic E-state index is 12.3. The molecule has 0 unspecified atom stereocenters. The van der Waals surface area contributed by atoms with Gasteiger partial charge in [0.25, 0.3) is 0 Å². The fourth-order valence-corrected chi connectivity index (χ4v) is 3.90. The third-order valence-corrected chi connectivity index (χ3v) is 4.99. The monoisotopic (exact) mass is 338 g/mol. The minimum absolute atomic E-state index is 0.0789. The van der Waals surface area contributed by atoms with Crippen LogP contribution in [0, 0.1) is 0 Å². The number of benzene rings is 1. The lowest BCUT2D eigenvalue weighted by Crippen LogP contribution is -2.40. The summed E-state index contributed by atoms with van der Waals surface area (Å²) in [5, 5.41) is 10.6. The van der Waals surface area contributed by atoms with Crippen molar-refractivity contribution in [2.75, 3.05) is 19.5 Å². The molecule has 1 N–H and O–H groups in total. The molecule has 23 heavy (non-hydrogen) atoms. The molecule has 0 aliphatic heterocycles. The maximum atomic E-state index is 12.3. The molecule has 7 nitrogen and oxygen atoms in total. The molecule has 8 heteroatoms. The van der Waals surface area contributed by atoms with Crippen molar-refractivity contribution < 1.29 is 23.2 Å². The van der Waals surface area contributed by atoms with Crippen molar-refractivity contribution in [2.45, 2.75) is 11.8 Å². The molecule has 0 saturated carbocycles. The SMILES string of the molecule is COC[C@@H](CS(=O)(=O)Cc1cnc2ccccc2c1)N(O)C=O. The minimum atomic E-state index is -3.56. The number of nitrogens with zero attached hydrogens (tertiary/aromatic N) is 2. The van der Waals surface area contributed by atoms with Crippen LogP contribution < -0.4 is 0 Å². The molecule has 1 heterocycles. The molecule has 0 aliphatic carbocycles. The van der Waals surface area contributed by atoms with E-state index < -0.39 is 21.6 Å². The van der Waals surface area contributed by atoms with Crippen molar-refractivity contribution in [1.29, 1.82) is 0 Å². The van der Waals surface area contributed by atoms with Crippen LogP contribution in [0.4, 0.5) is 0 Å². The molecule has 0 radical (unpaired) electrons. The number of carbonyl (C=O) groups is 1. The zero-order valence-electron chi connectivity index (χ0n) is 12.6. The molecular formula is C15H18N2O5S. The van der Waals surface area contributed by atoms with Gasteiger partial charge in [-0.2, -0.15) is 0 Å². The second kappa shape index (κ2) is 7.49. The van der Waals surface area contributed by atoms with Crippen LogP contribution in [0.2, 0.25) is 0 Å². The Bertz CT molecular complexity index is 778. The summed E-state index contributed by atoms with van der Waals surface area (Å²) in [6.07, 6.45) is 1.68. The number of methoxy groups -OCH3 is 1. The Kier molecular flexibility index (Phi) is 5.64. The summed E-state index contributed by atoms with van der Waals surface area (Å²) in [5.41, 5.74) is 1.34. The van der Waals surface area contributed by atoms with Gasteiger partial charge in [0, 0.05) is 18.7 Å². The fraction of sp³-hybridized carbons (Fsp3) is 0.333. The highest BCUT2D eigenvalue weighted by Crippen LogP contribution is 2.15. The highest BCUT2D eigenvalue weighted by Gasteiger charge is 2.24. The number of rotatable bonds is 8. The first-order valence-corrected chi connectivity index (χ1v) is 8.73. The predicted octanol–water partition coefficient (Wildman–Crippen LogP) is 1.01. The van der Waals surface area contributed by atoms with Gasteiger partial charge < -0.3 is 4.74 Å². The lowest BCUT2D eigenvalue weighted by molar-refractivity contribution is -0.162. The second-order valence-corrected chi connectivity index (χ2v) is 7.29. The molecule has 1 aromatic carbocycles. The van der Waals surface area contributed by atoms with Gasteiger partial charge >= 0.3 is 0 Å². The molecule has 2 rings (SSSR count). The highest BCUT2D eigenvalue weighted by atomic mass is 32.2. The largest absolute Gasteiger partial charge is 0.382 e. The molecule has 0 saturated heterocycles. The zero-order valence-corrected chi connectivity index (χ0v) is 13.4. The summed E-state index contributed by atoms with van der Waals surface area (Å²) in [4.78, 5) is 14.9. The molecule has 124 valence electrons. The molecule has 0 spiro atoms. The fourth-order valence-electron chi connectivity index (χ4n) is 2.28. The number of carbonyl (C=O) groups excluding carboxylic acids is 1. The Labute approximate surface area is 134 Å². The van der Waals surface area contributed by atoms with Crippen LogP contribution >= 0.6 is 0 Å². The number of pyridine rings is 1. The summed E-state index contributed by atoms with van der Waals surface area (Å²) in [7, 11) is -2.19. The van der Waals surface area contributed by atoms with E-state index in [2.05, 4.69) is 4.98 Å². The normalized spacial score (nSPS) is 13.0. The van der Waals surface area contributed by atoms with Crippen molar-refractivity contribution in [1.82, 2.24) is 10.0 Å². The molecule has 0 bridgehead atoms. The van der Waals surface area contributed by atoms with Gasteiger partial charge in [0.2, 0.25) is 6.41 Å². The Morgan fingerprint density at radius 1 is 1.39 bits per heavy atom. The van der Waals surface area contributed by atoms with Gasteiger partial charge in [-0.05, 0) is 17.7 Å². The average molecular weight is 338 g/mol. The van der Waals surface area contributed by atoms with E-state index in [4.69, 9.17) is 4.74 Å². The van der Waals surface area contributed by atoms with E-state index in [9.17, 15) is 18.4 Å². The molecule has 1 atom stereocenters. The van der Waals surface area contributed by atoms with Crippen LogP contribution in [0.5, 0.6) is 0 Å². The first kappa shape index (κ1) is 17.3. The first-order valence-electron chi connectivity index (χ1n) is 6.90. The number of hydroxylamine groups is 2. The van der Waals surface area contributed by atoms with Gasteiger partial charge in [-0.15, -0.1) is 0 Å². The van der Waals surface area contributed by atoms with E-state index in [0.717, 1.165) is 10.9 Å². The first-order chi connectivity index (χ1) is 10.9. The van der Waals surface area contributed by atoms with Crippen molar-refractivity contribution in [2.24, 2.45) is 0 Å². The highest BCUT2D eigenvalue weighted by molar-refractivity contribution is 7.90. The summed E-state index contributed by atoms with van der Waals surface area (Å²) >= 11 is 0. The molecule has 1 amide bonds. The number of para-hydroxylation sites is 1. The van der Waals surface area contributed by atoms with Crippen LogP contribution in [-0.4, -0.2) is 55.6 Å². The van der Waals surface area contributed by atoms with E-state index in [-0.39, 0.29) is 18.8 Å². The van der Waals surface area contributed by atoms with Gasteiger partial charge in [-0.1, -0.05) is 18.2 Å². The third kappa shape index (κ3) is 4.72. The van der Waals surface area contributed by atoms with Crippen LogP contribution in [0.15, 0.2) is 36.5 Å². The number of fused-ring (bicyclic) bond motifs is 1. The Morgan fingerprint density at radius 3 is 2.83 bits per heavy atom. The van der Waals surface area contributed by atoms with E-state index in [1.165, 1.54) is 13.3 Å². The maximum Gasteiger partial charge on any atom is 0.233 e. The van der Waals surface area contributed by atoms with Crippen LogP contribution in [-0.2, 0) is 25.1 Å². The third-order valence-electron chi connectivity index (χ3n) is 3.32. The second-order valence-electron chi connectivity index (χ2n) is 5.19. The van der Waals surface area contributed by atoms with Crippen molar-refractivity contribution >= 4 is 27.2 Å². The summed E-state index contributed by atoms with van der Waals surface area (Å²) in [6, 6.07) is 8.23. The molecule has 0 aliphatic rings. The summed E-state index contributed by atoms with van der Waals surface area (Å²) in [6.45, 7) is -0.0789. The smallest absolute Gasteiger partial charge is 0.233 e. The molecular weight excluding hydrogens is 320 g/mol. The Morgan fingerprint density at radius 2 is 2.13 bits per heavy atom. The summed E-state index contributed by atoms with van der Waals surface area (Å²) < 4.78 is 29.5. The van der Waals surface area contributed by atoms with Crippen LogP contribution in [0.3, 0.4) is 0 Å². The van der Waals surface area contributed by atoms with Crippen molar-refractivity contribution in [3.63, 3.8) is 0 Å². The number of hydrogen-bond donors (Lipinski definition) is 1. The Balaban J connectivity index is 2.16. The van der Waals surface area contributed by atoms with E-state index in [1.54, 1.807) is 6.07 Å². The van der Waals surface area contributed by atoms with E-state index in [1.807, 2.05) is 24.3 Å². The number of aromatic nitrogens is 1. The number of hydrogen-bond acceptors (Lipinski definition) is 6. The number of ether oxygens (including phenoxy) is 1. The van der Waals surface area contributed by atoms with Crippen molar-refractivity contribution in [3.8, 4) is 0 Å². The van der Waals surface area contributed by atoms with E-state index >= 15 is 0 Å². The van der Waals surface area contributed by atoms with Gasteiger partial charge in [0.15, 0.2) is 9.84 Å². The minimum Gasteiger partial charge on any atom is -0.382 e. The van der Waals surface area contributed by atoms with Crippen molar-refractivity contribution in [3.05, 3.63) is 42.1 Å². The lowest BCUT2D eigenvalue weighted by atomic mass is 10.2. The topological polar surface area (TPSA) is 96.8 Å². The number of amides is 1. The molecule has 1 aromatic heterocycles. The quantitative estimate of drug-likeness (QED) is 0.438. The van der Waals surface area contributed by atoms with E-state index in [0.29, 0.717) is 10.6 Å². The number of sulfone groups is 1. The summed E-state index contributed by atoms with van der Waals surface area (Å²) in [5.74, 6) is -0.624. The molecule has 2 aromatic rings. The van der Waals surface area contributed by atoms with Gasteiger partial charge in [-0.3, -0.25) is 15.0 Å². The average Bonchev–Trinajstić information content (AvgIpc) is 2.53. The van der Waals surface area contributed by atoms with Crippen LogP contribution in [0.25, 0.3) is 10.9 Å². The lowest BCUT2D eigenvalue weighted by Gasteiger charge is -2.21. The van der Waals surface area contributed by atoms with Crippen LogP contribution in [0.1, 0.15) is 5.56 Å². The zero-order chi connectivity index (χ0) is 16.9. The molecule has 0 fully saturated rings. The van der Waals surface area contributed by atoms with Gasteiger partial charge in [-0.25, -0.2) is 13.5 Å². The van der Waals surface area contributed by atoms with Gasteiger partial charge in [0.1, 0.15) is 0 Å².